The Morgan fingerprint density at radius 2 is 1.76 bits per heavy atom. The van der Waals surface area contributed by atoms with Gasteiger partial charge in [-0.25, -0.2) is 9.59 Å². The van der Waals surface area contributed by atoms with Crippen molar-refractivity contribution < 1.29 is 24.0 Å². The van der Waals surface area contributed by atoms with Gasteiger partial charge in [0.05, 0.1) is 33.9 Å². The molecule has 1 aromatic rings. The van der Waals surface area contributed by atoms with Crippen LogP contribution in [0.1, 0.15) is 46.1 Å². The van der Waals surface area contributed by atoms with Gasteiger partial charge in [0.2, 0.25) is 0 Å². The summed E-state index contributed by atoms with van der Waals surface area (Å²) in [5, 5.41) is 14.3. The fraction of sp³-hybridized carbons (Fsp3) is 0.333. The maximum atomic E-state index is 12.9. The Kier molecular flexibility index (Phi) is 6.58. The molecule has 2 rings (SSSR count). The van der Waals surface area contributed by atoms with Crippen molar-refractivity contribution in [1.29, 1.82) is 0 Å². The van der Waals surface area contributed by atoms with Crippen molar-refractivity contribution in [3.05, 3.63) is 74.8 Å². The molecular weight excluding hydrogens is 376 g/mol. The highest BCUT2D eigenvalue weighted by Crippen LogP contribution is 2.40. The van der Waals surface area contributed by atoms with Crippen molar-refractivity contribution in [2.45, 2.75) is 46.6 Å². The quantitative estimate of drug-likeness (QED) is 0.334. The second kappa shape index (κ2) is 8.72. The van der Waals surface area contributed by atoms with E-state index < -0.39 is 22.8 Å². The molecule has 0 fully saturated rings. The van der Waals surface area contributed by atoms with E-state index in [0.29, 0.717) is 17.0 Å². The van der Waals surface area contributed by atoms with Crippen LogP contribution in [0.5, 0.6) is 0 Å². The van der Waals surface area contributed by atoms with Crippen molar-refractivity contribution in [2.24, 2.45) is 0 Å². The number of nitro benzene ring substituents is 1. The fourth-order valence-electron chi connectivity index (χ4n) is 3.18. The van der Waals surface area contributed by atoms with E-state index in [9.17, 15) is 19.7 Å². The van der Waals surface area contributed by atoms with E-state index in [-0.39, 0.29) is 28.7 Å². The summed E-state index contributed by atoms with van der Waals surface area (Å²) in [6.45, 7) is 11.9. The predicted molar refractivity (Wildman–Crippen MR) is 107 cm³/mol. The zero-order chi connectivity index (χ0) is 21.9. The summed E-state index contributed by atoms with van der Waals surface area (Å²) in [7, 11) is 0. The summed E-state index contributed by atoms with van der Waals surface area (Å²) in [5.41, 5.74) is 1.58. The minimum atomic E-state index is -0.894. The number of hydrogen-bond donors (Lipinski definition) is 1. The normalized spacial score (nSPS) is 16.4. The van der Waals surface area contributed by atoms with Gasteiger partial charge in [-0.2, -0.15) is 0 Å². The standard InChI is InChI=1S/C21H24N2O6/c1-11(2)28-20(24)17-13(5)22-14(6)18(21(25)29-12(3)4)19(17)15-8-7-9-16(10-15)23(26)27/h7-10,12,19,22H,1H2,2-6H3. The third kappa shape index (κ3) is 4.90. The number of allylic oxidation sites excluding steroid dienone is 3. The molecule has 1 heterocycles. The topological polar surface area (TPSA) is 108 Å². The number of carbonyl (C=O) groups excluding carboxylic acids is 2. The Balaban J connectivity index is 2.70. The van der Waals surface area contributed by atoms with Gasteiger partial charge >= 0.3 is 11.9 Å². The minimum Gasteiger partial charge on any atom is -0.460 e. The van der Waals surface area contributed by atoms with Crippen molar-refractivity contribution in [3.63, 3.8) is 0 Å². The van der Waals surface area contributed by atoms with Crippen LogP contribution in [0.3, 0.4) is 0 Å². The van der Waals surface area contributed by atoms with Crippen LogP contribution >= 0.6 is 0 Å². The number of hydrogen-bond acceptors (Lipinski definition) is 7. The number of carbonyl (C=O) groups is 2. The molecule has 1 aromatic carbocycles. The van der Waals surface area contributed by atoms with Crippen molar-refractivity contribution in [3.8, 4) is 0 Å². The molecule has 0 saturated heterocycles. The van der Waals surface area contributed by atoms with E-state index in [4.69, 9.17) is 9.47 Å². The average molecular weight is 400 g/mol. The zero-order valence-corrected chi connectivity index (χ0v) is 17.1. The molecule has 0 spiro atoms. The minimum absolute atomic E-state index is 0.152. The van der Waals surface area contributed by atoms with E-state index in [2.05, 4.69) is 11.9 Å². The van der Waals surface area contributed by atoms with Gasteiger partial charge in [0.25, 0.3) is 5.69 Å². The maximum Gasteiger partial charge on any atom is 0.341 e. The first-order chi connectivity index (χ1) is 13.5. The predicted octanol–water partition coefficient (Wildman–Crippen LogP) is 3.86. The Labute approximate surface area is 169 Å². The Morgan fingerprint density at radius 1 is 1.17 bits per heavy atom. The highest BCUT2D eigenvalue weighted by Gasteiger charge is 2.38. The van der Waals surface area contributed by atoms with Gasteiger partial charge in [-0.15, -0.1) is 0 Å². The molecule has 29 heavy (non-hydrogen) atoms. The van der Waals surface area contributed by atoms with Crippen molar-refractivity contribution in [1.82, 2.24) is 5.32 Å². The molecule has 0 aliphatic carbocycles. The summed E-state index contributed by atoms with van der Waals surface area (Å²) in [6, 6.07) is 5.82. The third-order valence-electron chi connectivity index (χ3n) is 4.22. The number of esters is 2. The molecular formula is C21H24N2O6. The number of non-ortho nitro benzene ring substituents is 1. The lowest BCUT2D eigenvalue weighted by atomic mass is 9.80. The third-order valence-corrected chi connectivity index (χ3v) is 4.22. The molecule has 0 amide bonds. The molecule has 1 aliphatic heterocycles. The lowest BCUT2D eigenvalue weighted by Gasteiger charge is -2.30. The zero-order valence-electron chi connectivity index (χ0n) is 17.1. The maximum absolute atomic E-state index is 12.9. The second-order valence-electron chi connectivity index (χ2n) is 7.03. The molecule has 1 unspecified atom stereocenters. The summed E-state index contributed by atoms with van der Waals surface area (Å²) in [6.07, 6.45) is -0.383. The Hall–Kier alpha value is -3.42. The van der Waals surface area contributed by atoms with Crippen LogP contribution in [0.2, 0.25) is 0 Å². The van der Waals surface area contributed by atoms with Crippen molar-refractivity contribution in [2.75, 3.05) is 0 Å². The van der Waals surface area contributed by atoms with Crippen LogP contribution in [0.4, 0.5) is 5.69 Å². The second-order valence-corrected chi connectivity index (χ2v) is 7.03. The van der Waals surface area contributed by atoms with Gasteiger partial charge < -0.3 is 14.8 Å². The number of nitrogens with zero attached hydrogens (tertiary/aromatic N) is 1. The van der Waals surface area contributed by atoms with E-state index in [1.54, 1.807) is 33.8 Å². The summed E-state index contributed by atoms with van der Waals surface area (Å²) in [4.78, 5) is 36.4. The first-order valence-electron chi connectivity index (χ1n) is 9.04. The first-order valence-corrected chi connectivity index (χ1v) is 9.04. The molecule has 0 saturated carbocycles. The molecule has 154 valence electrons. The largest absolute Gasteiger partial charge is 0.460 e. The van der Waals surface area contributed by atoms with Gasteiger partial charge in [-0.3, -0.25) is 10.1 Å². The lowest BCUT2D eigenvalue weighted by Crippen LogP contribution is -2.33. The van der Waals surface area contributed by atoms with E-state index >= 15 is 0 Å². The van der Waals surface area contributed by atoms with Gasteiger partial charge in [-0.05, 0) is 40.2 Å². The summed E-state index contributed by atoms with van der Waals surface area (Å²) in [5.74, 6) is -2.02. The van der Waals surface area contributed by atoms with E-state index in [1.165, 1.54) is 25.1 Å². The van der Waals surface area contributed by atoms with Crippen LogP contribution in [0.25, 0.3) is 0 Å². The van der Waals surface area contributed by atoms with Gasteiger partial charge in [0.15, 0.2) is 0 Å². The van der Waals surface area contributed by atoms with E-state index in [1.807, 2.05) is 0 Å². The Morgan fingerprint density at radius 3 is 2.28 bits per heavy atom. The van der Waals surface area contributed by atoms with E-state index in [0.717, 1.165) is 0 Å². The number of rotatable bonds is 6. The smallest absolute Gasteiger partial charge is 0.341 e. The van der Waals surface area contributed by atoms with Crippen LogP contribution < -0.4 is 5.32 Å². The summed E-state index contributed by atoms with van der Waals surface area (Å²) < 4.78 is 10.6. The molecule has 1 N–H and O–H groups in total. The Bertz CT molecular complexity index is 942. The molecule has 1 aliphatic rings. The SMILES string of the molecule is C=C(C)OC(=O)C1=C(C)NC(C)=C(C(=O)OC(C)C)C1c1cccc([N+](=O)[O-])c1. The lowest BCUT2D eigenvalue weighted by molar-refractivity contribution is -0.384. The van der Waals surface area contributed by atoms with Crippen molar-refractivity contribution >= 4 is 17.6 Å². The molecule has 8 heteroatoms. The summed E-state index contributed by atoms with van der Waals surface area (Å²) >= 11 is 0. The first kappa shape index (κ1) is 21.9. The molecule has 0 aromatic heterocycles. The van der Waals surface area contributed by atoms with Crippen LogP contribution in [-0.2, 0) is 19.1 Å². The van der Waals surface area contributed by atoms with Crippen LogP contribution in [0.15, 0.2) is 59.1 Å². The molecule has 0 bridgehead atoms. The number of nitro groups is 1. The molecule has 1 atom stereocenters. The number of nitrogens with one attached hydrogen (secondary N) is 1. The monoisotopic (exact) mass is 400 g/mol. The fourth-order valence-corrected chi connectivity index (χ4v) is 3.18. The van der Waals surface area contributed by atoms with Gasteiger partial charge in [0, 0.05) is 23.5 Å². The average Bonchev–Trinajstić information content (AvgIpc) is 2.59. The molecule has 8 nitrogen and oxygen atoms in total. The highest BCUT2D eigenvalue weighted by atomic mass is 16.6. The van der Waals surface area contributed by atoms with Crippen LogP contribution in [-0.4, -0.2) is 23.0 Å². The highest BCUT2D eigenvalue weighted by molar-refractivity contribution is 6.00. The number of dihydropyridines is 1. The van der Waals surface area contributed by atoms with Gasteiger partial charge in [0.1, 0.15) is 0 Å². The number of ether oxygens (including phenoxy) is 2. The van der Waals surface area contributed by atoms with Crippen LogP contribution in [0, 0.1) is 10.1 Å². The molecule has 0 radical (unpaired) electrons. The number of benzene rings is 1. The van der Waals surface area contributed by atoms with Gasteiger partial charge in [-0.1, -0.05) is 18.7 Å².